The molecule has 2 saturated heterocycles. The lowest BCUT2D eigenvalue weighted by Crippen LogP contribution is -2.65. The van der Waals surface area contributed by atoms with Gasteiger partial charge in [-0.2, -0.15) is 0 Å². The minimum absolute atomic E-state index is 0.0484. The highest BCUT2D eigenvalue weighted by molar-refractivity contribution is 5.00. The first-order chi connectivity index (χ1) is 16.0. The Balaban J connectivity index is 1.56. The van der Waals surface area contributed by atoms with Crippen molar-refractivity contribution < 1.29 is 34.3 Å². The molecule has 3 rings (SSSR count). The third-order valence-corrected chi connectivity index (χ3v) is 7.65. The zero-order valence-electron chi connectivity index (χ0n) is 20.9. The number of likely N-dealkylation sites (N-methyl/N-ethyl adjacent to an activating group) is 1. The third kappa shape index (κ3) is 6.27. The van der Waals surface area contributed by atoms with Crippen LogP contribution in [0.15, 0.2) is 0 Å². The Hall–Kier alpha value is -0.440. The van der Waals surface area contributed by atoms with Crippen LogP contribution in [0, 0.1) is 11.8 Å². The summed E-state index contributed by atoms with van der Waals surface area (Å²) in [5.41, 5.74) is 17.7. The van der Waals surface area contributed by atoms with E-state index in [2.05, 4.69) is 19.2 Å². The van der Waals surface area contributed by atoms with E-state index in [-0.39, 0.29) is 38.0 Å². The maximum atomic E-state index is 11.1. The molecule has 3 fully saturated rings. The second-order valence-electron chi connectivity index (χ2n) is 10.8. The van der Waals surface area contributed by atoms with Gasteiger partial charge in [0.25, 0.3) is 0 Å². The zero-order valence-corrected chi connectivity index (χ0v) is 20.9. The highest BCUT2D eigenvalue weighted by Gasteiger charge is 2.47. The van der Waals surface area contributed by atoms with Crippen LogP contribution < -0.4 is 22.5 Å². The molecular weight excluding hydrogens is 444 g/mol. The topological polar surface area (TPSA) is 188 Å². The van der Waals surface area contributed by atoms with Crippen LogP contribution in [0.2, 0.25) is 0 Å². The molecule has 12 unspecified atom stereocenters. The number of nitrogens with one attached hydrogen (secondary N) is 1. The molecule has 0 aromatic rings. The van der Waals surface area contributed by atoms with Crippen molar-refractivity contribution in [1.29, 1.82) is 0 Å². The minimum atomic E-state index is -1.19. The first-order valence-electron chi connectivity index (χ1n) is 12.5. The lowest BCUT2D eigenvalue weighted by atomic mass is 9.78. The highest BCUT2D eigenvalue weighted by atomic mass is 16.7. The second kappa shape index (κ2) is 11.7. The van der Waals surface area contributed by atoms with Crippen molar-refractivity contribution >= 4 is 0 Å². The Kier molecular flexibility index (Phi) is 9.71. The average molecular weight is 491 g/mol. The third-order valence-electron chi connectivity index (χ3n) is 7.65. The van der Waals surface area contributed by atoms with E-state index < -0.39 is 54.3 Å². The maximum Gasteiger partial charge on any atom is 0.173 e. The summed E-state index contributed by atoms with van der Waals surface area (Å²) in [5, 5.41) is 35.0. The van der Waals surface area contributed by atoms with E-state index in [9.17, 15) is 15.3 Å². The molecule has 12 atom stereocenters. The van der Waals surface area contributed by atoms with Gasteiger partial charge in [0.15, 0.2) is 6.29 Å². The number of hydrogen-bond donors (Lipinski definition) is 7. The SMILES string of the molecule is CNC1C(O)C(COCC2C(N)CC(N)C(OC3OC(C(C)C)CCC3N)C2O)OCC1(C)O. The van der Waals surface area contributed by atoms with Crippen LogP contribution in [0.1, 0.15) is 40.0 Å². The molecule has 11 nitrogen and oxygen atoms in total. The van der Waals surface area contributed by atoms with Gasteiger partial charge in [0.1, 0.15) is 23.9 Å². The van der Waals surface area contributed by atoms with E-state index in [4.69, 9.17) is 36.1 Å². The van der Waals surface area contributed by atoms with Crippen molar-refractivity contribution in [1.82, 2.24) is 5.32 Å². The molecule has 0 bridgehead atoms. The van der Waals surface area contributed by atoms with E-state index in [1.54, 1.807) is 14.0 Å². The van der Waals surface area contributed by atoms with Crippen molar-refractivity contribution in [3.05, 3.63) is 0 Å². The zero-order chi connectivity index (χ0) is 25.2. The fraction of sp³-hybridized carbons (Fsp3) is 1.00. The van der Waals surface area contributed by atoms with Crippen LogP contribution >= 0.6 is 0 Å². The Morgan fingerprint density at radius 1 is 1.06 bits per heavy atom. The number of hydrogen-bond acceptors (Lipinski definition) is 11. The lowest BCUT2D eigenvalue weighted by molar-refractivity contribution is -0.257. The molecule has 34 heavy (non-hydrogen) atoms. The van der Waals surface area contributed by atoms with Gasteiger partial charge >= 0.3 is 0 Å². The standard InChI is InChI=1S/C23H46N4O7/c1-11(2)16-6-5-13(24)22(33-16)34-20-15(26)7-14(25)12(18(20)28)8-31-9-17-19(29)21(27-4)23(3,30)10-32-17/h11-22,27-30H,5-10,24-26H2,1-4H3. The molecule has 0 spiro atoms. The van der Waals surface area contributed by atoms with Crippen molar-refractivity contribution in [3.8, 4) is 0 Å². The Bertz CT molecular complexity index is 642. The fourth-order valence-corrected chi connectivity index (χ4v) is 5.38. The molecule has 1 saturated carbocycles. The molecule has 2 aliphatic heterocycles. The summed E-state index contributed by atoms with van der Waals surface area (Å²) in [6.45, 7) is 6.11. The van der Waals surface area contributed by atoms with Gasteiger partial charge in [-0.3, -0.25) is 0 Å². The number of ether oxygens (including phenoxy) is 4. The number of nitrogens with two attached hydrogens (primary N) is 3. The lowest BCUT2D eigenvalue weighted by Gasteiger charge is -2.46. The quantitative estimate of drug-likeness (QED) is 0.200. The summed E-state index contributed by atoms with van der Waals surface area (Å²) in [7, 11) is 1.68. The normalized spacial score (nSPS) is 48.3. The summed E-state index contributed by atoms with van der Waals surface area (Å²) < 4.78 is 23.7. The van der Waals surface area contributed by atoms with Gasteiger partial charge in [-0.05, 0) is 39.2 Å². The van der Waals surface area contributed by atoms with Crippen molar-refractivity contribution in [2.75, 3.05) is 26.9 Å². The Morgan fingerprint density at radius 2 is 1.76 bits per heavy atom. The summed E-state index contributed by atoms with van der Waals surface area (Å²) >= 11 is 0. The molecule has 0 amide bonds. The van der Waals surface area contributed by atoms with E-state index in [1.165, 1.54) is 0 Å². The summed E-state index contributed by atoms with van der Waals surface area (Å²) in [5.74, 6) is -0.0869. The largest absolute Gasteiger partial charge is 0.390 e. The van der Waals surface area contributed by atoms with Gasteiger partial charge < -0.3 is 56.8 Å². The molecule has 10 N–H and O–H groups in total. The van der Waals surface area contributed by atoms with Crippen molar-refractivity contribution in [2.24, 2.45) is 29.0 Å². The summed E-state index contributed by atoms with van der Waals surface area (Å²) in [4.78, 5) is 0. The van der Waals surface area contributed by atoms with Crippen molar-refractivity contribution in [2.45, 2.75) is 107 Å². The molecule has 0 aromatic heterocycles. The summed E-state index contributed by atoms with van der Waals surface area (Å²) in [6.07, 6.45) is -1.70. The summed E-state index contributed by atoms with van der Waals surface area (Å²) in [6, 6.07) is -1.68. The van der Waals surface area contributed by atoms with Crippen LogP contribution in [0.3, 0.4) is 0 Å². The van der Waals surface area contributed by atoms with E-state index in [0.717, 1.165) is 12.8 Å². The number of aliphatic hydroxyl groups excluding tert-OH is 2. The van der Waals surface area contributed by atoms with Gasteiger partial charge in [0.05, 0.1) is 44.1 Å². The average Bonchev–Trinajstić information content (AvgIpc) is 2.75. The molecule has 11 heteroatoms. The first kappa shape index (κ1) is 28.1. The van der Waals surface area contributed by atoms with Crippen LogP contribution in [0.4, 0.5) is 0 Å². The van der Waals surface area contributed by atoms with Crippen LogP contribution in [-0.2, 0) is 18.9 Å². The molecule has 0 radical (unpaired) electrons. The van der Waals surface area contributed by atoms with Gasteiger partial charge in [-0.1, -0.05) is 13.8 Å². The predicted octanol–water partition coefficient (Wildman–Crippen LogP) is -1.99. The molecule has 1 aliphatic carbocycles. The van der Waals surface area contributed by atoms with Crippen molar-refractivity contribution in [3.63, 3.8) is 0 Å². The van der Waals surface area contributed by atoms with Gasteiger partial charge in [0.2, 0.25) is 0 Å². The Morgan fingerprint density at radius 3 is 2.41 bits per heavy atom. The molecular formula is C23H46N4O7. The molecule has 2 heterocycles. The monoisotopic (exact) mass is 490 g/mol. The number of rotatable bonds is 8. The van der Waals surface area contributed by atoms with Crippen LogP contribution in [0.25, 0.3) is 0 Å². The predicted molar refractivity (Wildman–Crippen MR) is 126 cm³/mol. The van der Waals surface area contributed by atoms with Crippen LogP contribution in [0.5, 0.6) is 0 Å². The maximum absolute atomic E-state index is 11.1. The molecule has 3 aliphatic rings. The van der Waals surface area contributed by atoms with Crippen LogP contribution in [-0.4, -0.2) is 109 Å². The van der Waals surface area contributed by atoms with Gasteiger partial charge in [-0.15, -0.1) is 0 Å². The second-order valence-corrected chi connectivity index (χ2v) is 10.8. The first-order valence-corrected chi connectivity index (χ1v) is 12.5. The van der Waals surface area contributed by atoms with E-state index >= 15 is 0 Å². The minimum Gasteiger partial charge on any atom is -0.390 e. The van der Waals surface area contributed by atoms with E-state index in [1.807, 2.05) is 0 Å². The molecule has 200 valence electrons. The smallest absolute Gasteiger partial charge is 0.173 e. The van der Waals surface area contributed by atoms with Gasteiger partial charge in [-0.25, -0.2) is 0 Å². The number of aliphatic hydroxyl groups is 3. The Labute approximate surface area is 202 Å². The van der Waals surface area contributed by atoms with E-state index in [0.29, 0.717) is 12.3 Å². The highest BCUT2D eigenvalue weighted by Crippen LogP contribution is 2.31. The molecule has 0 aromatic carbocycles. The fourth-order valence-electron chi connectivity index (χ4n) is 5.38. The van der Waals surface area contributed by atoms with Gasteiger partial charge in [0, 0.05) is 18.0 Å².